The van der Waals surface area contributed by atoms with Crippen LogP contribution < -0.4 is 5.32 Å². The van der Waals surface area contributed by atoms with Gasteiger partial charge >= 0.3 is 6.09 Å². The number of cyclic esters (lactones) is 1. The maximum atomic E-state index is 11.5. The van der Waals surface area contributed by atoms with Crippen molar-refractivity contribution in [2.75, 3.05) is 6.61 Å². The zero-order valence-corrected chi connectivity index (χ0v) is 17.8. The molecule has 0 radical (unpaired) electrons. The van der Waals surface area contributed by atoms with E-state index in [9.17, 15) is 4.79 Å². The van der Waals surface area contributed by atoms with Crippen molar-refractivity contribution in [2.45, 2.75) is 76.0 Å². The first-order chi connectivity index (χ1) is 14.6. The molecule has 1 heterocycles. The number of alkyl carbamates (subject to hydrolysis) is 1. The molecule has 2 aromatic carbocycles. The molecule has 2 fully saturated rings. The van der Waals surface area contributed by atoms with Crippen LogP contribution in [0.4, 0.5) is 4.79 Å². The van der Waals surface area contributed by atoms with Crippen molar-refractivity contribution in [1.82, 2.24) is 5.32 Å². The molecule has 2 aliphatic carbocycles. The van der Waals surface area contributed by atoms with Gasteiger partial charge in [0.15, 0.2) is 0 Å². The lowest BCUT2D eigenvalue weighted by molar-refractivity contribution is 0.0319. The molecule has 2 aromatic rings. The number of fused-ring (bicyclic) bond motifs is 1. The van der Waals surface area contributed by atoms with Crippen LogP contribution in [0.25, 0.3) is 0 Å². The van der Waals surface area contributed by atoms with Crippen LogP contribution in [0.2, 0.25) is 0 Å². The van der Waals surface area contributed by atoms with Gasteiger partial charge in [-0.2, -0.15) is 0 Å². The van der Waals surface area contributed by atoms with E-state index >= 15 is 0 Å². The summed E-state index contributed by atoms with van der Waals surface area (Å²) in [5.41, 5.74) is 6.83. The topological polar surface area (TPSA) is 47.6 Å². The van der Waals surface area contributed by atoms with Gasteiger partial charge in [0, 0.05) is 0 Å². The number of carbonyl (C=O) groups excluding carboxylic acids is 1. The van der Waals surface area contributed by atoms with Gasteiger partial charge in [0.2, 0.25) is 0 Å². The van der Waals surface area contributed by atoms with Gasteiger partial charge in [-0.3, -0.25) is 0 Å². The minimum Gasteiger partial charge on any atom is -0.447 e. The molecule has 0 bridgehead atoms. The molecule has 30 heavy (non-hydrogen) atoms. The molecule has 3 atom stereocenters. The Kier molecular flexibility index (Phi) is 5.28. The largest absolute Gasteiger partial charge is 0.447 e. The van der Waals surface area contributed by atoms with Crippen LogP contribution in [0.5, 0.6) is 0 Å². The summed E-state index contributed by atoms with van der Waals surface area (Å²) in [6.45, 7) is 3.40. The lowest BCUT2D eigenvalue weighted by Gasteiger charge is -2.26. The minimum atomic E-state index is -0.256. The van der Waals surface area contributed by atoms with Gasteiger partial charge in [0.25, 0.3) is 0 Å². The fraction of sp³-hybridized carbons (Fsp3) is 0.500. The third-order valence-corrected chi connectivity index (χ3v) is 7.26. The van der Waals surface area contributed by atoms with E-state index in [4.69, 9.17) is 9.47 Å². The number of aryl methyl sites for hydroxylation is 2. The molecule has 0 aromatic heterocycles. The first-order valence-corrected chi connectivity index (χ1v) is 11.4. The molecule has 1 N–H and O–H groups in total. The van der Waals surface area contributed by atoms with Gasteiger partial charge in [0.1, 0.15) is 6.61 Å². The van der Waals surface area contributed by atoms with Crippen molar-refractivity contribution in [3.05, 3.63) is 70.3 Å². The molecular formula is C26H31NO3. The maximum Gasteiger partial charge on any atom is 0.407 e. The van der Waals surface area contributed by atoms with E-state index in [1.54, 1.807) is 0 Å². The van der Waals surface area contributed by atoms with E-state index in [-0.39, 0.29) is 11.6 Å². The minimum absolute atomic E-state index is 0.133. The van der Waals surface area contributed by atoms with Crippen LogP contribution in [0.15, 0.2) is 42.5 Å². The molecule has 0 unspecified atom stereocenters. The van der Waals surface area contributed by atoms with Crippen molar-refractivity contribution in [2.24, 2.45) is 0 Å². The molecule has 4 nitrogen and oxygen atoms in total. The van der Waals surface area contributed by atoms with Crippen LogP contribution in [0.1, 0.15) is 66.3 Å². The Balaban J connectivity index is 1.19. The Morgan fingerprint density at radius 3 is 2.70 bits per heavy atom. The van der Waals surface area contributed by atoms with Crippen molar-refractivity contribution in [1.29, 1.82) is 0 Å². The number of nitrogens with one attached hydrogen (secondary N) is 1. The smallest absolute Gasteiger partial charge is 0.407 e. The highest BCUT2D eigenvalue weighted by molar-refractivity contribution is 5.70. The molecule has 1 saturated heterocycles. The molecule has 158 valence electrons. The predicted octanol–water partition coefficient (Wildman–Crippen LogP) is 5.07. The predicted molar refractivity (Wildman–Crippen MR) is 117 cm³/mol. The van der Waals surface area contributed by atoms with Gasteiger partial charge < -0.3 is 14.8 Å². The quantitative estimate of drug-likeness (QED) is 0.756. The third-order valence-electron chi connectivity index (χ3n) is 7.26. The number of rotatable bonds is 5. The van der Waals surface area contributed by atoms with E-state index in [0.29, 0.717) is 25.2 Å². The molecule has 1 amide bonds. The Bertz CT molecular complexity index is 922. The highest BCUT2D eigenvalue weighted by Gasteiger charge is 2.46. The average Bonchev–Trinajstić information content (AvgIpc) is 3.37. The SMILES string of the molecule is CCc1ccc(CO[C@@H]2CCc3cc([C@H]4CC[C@]5(COC(=O)N5)C4)ccc3C2)cc1. The Morgan fingerprint density at radius 2 is 1.93 bits per heavy atom. The second-order valence-electron chi connectivity index (χ2n) is 9.30. The van der Waals surface area contributed by atoms with Crippen molar-refractivity contribution in [3.8, 4) is 0 Å². The normalized spacial score (nSPS) is 27.7. The summed E-state index contributed by atoms with van der Waals surface area (Å²) in [5, 5.41) is 3.05. The average molecular weight is 406 g/mol. The fourth-order valence-corrected chi connectivity index (χ4v) is 5.37. The van der Waals surface area contributed by atoms with E-state index in [2.05, 4.69) is 54.7 Å². The van der Waals surface area contributed by atoms with E-state index in [1.165, 1.54) is 27.8 Å². The molecule has 1 aliphatic heterocycles. The lowest BCUT2D eigenvalue weighted by atomic mass is 9.85. The number of carbonyl (C=O) groups is 1. The number of hydrogen-bond acceptors (Lipinski definition) is 3. The number of benzene rings is 2. The van der Waals surface area contributed by atoms with Crippen LogP contribution >= 0.6 is 0 Å². The van der Waals surface area contributed by atoms with Crippen LogP contribution in [0, 0.1) is 0 Å². The molecule has 5 rings (SSSR count). The molecule has 1 spiro atoms. The summed E-state index contributed by atoms with van der Waals surface area (Å²) < 4.78 is 11.4. The summed E-state index contributed by atoms with van der Waals surface area (Å²) in [6, 6.07) is 15.8. The van der Waals surface area contributed by atoms with E-state index in [0.717, 1.165) is 44.9 Å². The summed E-state index contributed by atoms with van der Waals surface area (Å²) in [5.74, 6) is 0.511. The van der Waals surface area contributed by atoms with Gasteiger partial charge in [-0.25, -0.2) is 4.79 Å². The zero-order chi connectivity index (χ0) is 20.6. The molecule has 4 heteroatoms. The summed E-state index contributed by atoms with van der Waals surface area (Å²) in [6.07, 6.45) is 7.40. The Labute approximate surface area is 179 Å². The highest BCUT2D eigenvalue weighted by Crippen LogP contribution is 2.43. The fourth-order valence-electron chi connectivity index (χ4n) is 5.37. The van der Waals surface area contributed by atoms with E-state index in [1.807, 2.05) is 0 Å². The van der Waals surface area contributed by atoms with Crippen LogP contribution in [-0.2, 0) is 35.3 Å². The number of ether oxygens (including phenoxy) is 2. The van der Waals surface area contributed by atoms with Crippen LogP contribution in [-0.4, -0.2) is 24.3 Å². The van der Waals surface area contributed by atoms with Crippen molar-refractivity contribution >= 4 is 6.09 Å². The first-order valence-electron chi connectivity index (χ1n) is 11.4. The number of amides is 1. The maximum absolute atomic E-state index is 11.5. The van der Waals surface area contributed by atoms with E-state index < -0.39 is 0 Å². The van der Waals surface area contributed by atoms with Gasteiger partial charge in [-0.15, -0.1) is 0 Å². The molecule has 1 saturated carbocycles. The highest BCUT2D eigenvalue weighted by atomic mass is 16.6. The second kappa shape index (κ2) is 8.07. The lowest BCUT2D eigenvalue weighted by Crippen LogP contribution is -2.40. The van der Waals surface area contributed by atoms with Crippen LogP contribution in [0.3, 0.4) is 0 Å². The van der Waals surface area contributed by atoms with Crippen molar-refractivity contribution < 1.29 is 14.3 Å². The number of hydrogen-bond donors (Lipinski definition) is 1. The molecular weight excluding hydrogens is 374 g/mol. The van der Waals surface area contributed by atoms with Gasteiger partial charge in [-0.1, -0.05) is 49.4 Å². The van der Waals surface area contributed by atoms with Gasteiger partial charge in [-0.05, 0) is 78.7 Å². The Hall–Kier alpha value is -2.33. The first kappa shape index (κ1) is 19.6. The zero-order valence-electron chi connectivity index (χ0n) is 17.8. The summed E-state index contributed by atoms with van der Waals surface area (Å²) >= 11 is 0. The van der Waals surface area contributed by atoms with Gasteiger partial charge in [0.05, 0.1) is 18.2 Å². The Morgan fingerprint density at radius 1 is 1.10 bits per heavy atom. The summed E-state index contributed by atoms with van der Waals surface area (Å²) in [7, 11) is 0. The molecule has 3 aliphatic rings. The standard InChI is InChI=1S/C26H31NO3/c1-2-18-3-5-19(6-4-18)16-29-24-10-9-20-13-21(7-8-22(20)14-24)23-11-12-26(15-23)17-30-25(28)27-26/h3-8,13,23-24H,2,9-12,14-17H2,1H3,(H,27,28)/t23-,24+,26+/m0/s1. The summed E-state index contributed by atoms with van der Waals surface area (Å²) in [4.78, 5) is 11.5. The van der Waals surface area contributed by atoms with Crippen molar-refractivity contribution in [3.63, 3.8) is 0 Å². The third kappa shape index (κ3) is 3.98. The monoisotopic (exact) mass is 405 g/mol. The second-order valence-corrected chi connectivity index (χ2v) is 9.30.